The van der Waals surface area contributed by atoms with Crippen molar-refractivity contribution in [2.75, 3.05) is 10.0 Å². The van der Waals surface area contributed by atoms with Crippen molar-refractivity contribution in [2.45, 2.75) is 6.54 Å². The second-order valence-electron chi connectivity index (χ2n) is 4.33. The first kappa shape index (κ1) is 16.1. The highest BCUT2D eigenvalue weighted by molar-refractivity contribution is 9.10. The average Bonchev–Trinajstić information content (AvgIpc) is 2.39. The highest BCUT2D eigenvalue weighted by Crippen LogP contribution is 2.24. The molecule has 0 atom stereocenters. The zero-order valence-electron chi connectivity index (χ0n) is 10.8. The molecule has 0 saturated heterocycles. The van der Waals surface area contributed by atoms with Gasteiger partial charge in [0.1, 0.15) is 0 Å². The summed E-state index contributed by atoms with van der Waals surface area (Å²) in [4.78, 5) is 0. The number of benzene rings is 2. The fourth-order valence-electron chi connectivity index (χ4n) is 1.71. The minimum absolute atomic E-state index is 0.403. The molecule has 21 heavy (non-hydrogen) atoms. The Morgan fingerprint density at radius 1 is 1.14 bits per heavy atom. The van der Waals surface area contributed by atoms with Crippen molar-refractivity contribution in [1.82, 2.24) is 0 Å². The van der Waals surface area contributed by atoms with Crippen LogP contribution in [0.2, 0.25) is 5.02 Å². The van der Waals surface area contributed by atoms with Crippen LogP contribution >= 0.6 is 27.5 Å². The Morgan fingerprint density at radius 2 is 1.86 bits per heavy atom. The normalized spacial score (nSPS) is 11.2. The van der Waals surface area contributed by atoms with E-state index >= 15 is 0 Å². The number of hydrogen-bond donors (Lipinski definition) is 3. The Bertz CT molecular complexity index is 753. The van der Waals surface area contributed by atoms with E-state index < -0.39 is 10.2 Å². The molecule has 8 heteroatoms. The van der Waals surface area contributed by atoms with Crippen LogP contribution in [0, 0.1) is 0 Å². The maximum absolute atomic E-state index is 11.0. The summed E-state index contributed by atoms with van der Waals surface area (Å²) in [6.45, 7) is 0.578. The Kier molecular flexibility index (Phi) is 5.10. The third-order valence-corrected chi connectivity index (χ3v) is 4.34. The first-order valence-electron chi connectivity index (χ1n) is 5.92. The summed E-state index contributed by atoms with van der Waals surface area (Å²) >= 11 is 9.30. The molecule has 0 spiro atoms. The fraction of sp³-hybridized carbons (Fsp3) is 0.0769. The standard InChI is InChI=1S/C13H13BrClN3O2S/c14-12-6-9(4-5-13(12)15)8-17-10-2-1-3-11(7-10)18-21(16,19)20/h1-7,17-18H,8H2,(H2,16,19,20). The number of hydrogen-bond acceptors (Lipinski definition) is 3. The molecular formula is C13H13BrClN3O2S. The summed E-state index contributed by atoms with van der Waals surface area (Å²) < 4.78 is 25.0. The largest absolute Gasteiger partial charge is 0.381 e. The molecule has 4 N–H and O–H groups in total. The Labute approximate surface area is 136 Å². The monoisotopic (exact) mass is 389 g/mol. The Morgan fingerprint density at radius 3 is 2.52 bits per heavy atom. The molecule has 0 aromatic heterocycles. The van der Waals surface area contributed by atoms with E-state index in [1.165, 1.54) is 0 Å². The van der Waals surface area contributed by atoms with Crippen LogP contribution in [0.4, 0.5) is 11.4 Å². The van der Waals surface area contributed by atoms with Gasteiger partial charge in [0.2, 0.25) is 0 Å². The van der Waals surface area contributed by atoms with E-state index in [4.69, 9.17) is 16.7 Å². The molecular weight excluding hydrogens is 378 g/mol. The van der Waals surface area contributed by atoms with Gasteiger partial charge < -0.3 is 5.32 Å². The van der Waals surface area contributed by atoms with Crippen molar-refractivity contribution < 1.29 is 8.42 Å². The molecule has 0 aliphatic rings. The third kappa shape index (κ3) is 5.20. The van der Waals surface area contributed by atoms with E-state index in [2.05, 4.69) is 26.0 Å². The smallest absolute Gasteiger partial charge is 0.296 e. The van der Waals surface area contributed by atoms with Gasteiger partial charge in [-0.05, 0) is 51.8 Å². The van der Waals surface area contributed by atoms with Crippen LogP contribution in [0.25, 0.3) is 0 Å². The van der Waals surface area contributed by atoms with Crippen molar-refractivity contribution in [3.8, 4) is 0 Å². The number of nitrogens with two attached hydrogens (primary N) is 1. The fourth-order valence-corrected chi connectivity index (χ4v) is 2.71. The van der Waals surface area contributed by atoms with Crippen molar-refractivity contribution in [2.24, 2.45) is 5.14 Å². The molecule has 2 aromatic rings. The molecule has 2 aromatic carbocycles. The van der Waals surface area contributed by atoms with Gasteiger partial charge in [-0.1, -0.05) is 23.7 Å². The number of rotatable bonds is 5. The van der Waals surface area contributed by atoms with Gasteiger partial charge in [0, 0.05) is 16.7 Å². The first-order valence-corrected chi connectivity index (χ1v) is 8.63. The van der Waals surface area contributed by atoms with Gasteiger partial charge in [-0.25, -0.2) is 5.14 Å². The van der Waals surface area contributed by atoms with Gasteiger partial charge >= 0.3 is 0 Å². The summed E-state index contributed by atoms with van der Waals surface area (Å²) in [5.74, 6) is 0. The predicted octanol–water partition coefficient (Wildman–Crippen LogP) is 3.33. The van der Waals surface area contributed by atoms with Gasteiger partial charge in [0.15, 0.2) is 0 Å². The molecule has 0 aliphatic carbocycles. The zero-order valence-corrected chi connectivity index (χ0v) is 14.0. The van der Waals surface area contributed by atoms with E-state index in [0.717, 1.165) is 15.7 Å². The zero-order chi connectivity index (χ0) is 15.5. The molecule has 5 nitrogen and oxygen atoms in total. The minimum atomic E-state index is -3.77. The molecule has 0 aliphatic heterocycles. The van der Waals surface area contributed by atoms with Crippen LogP contribution in [-0.4, -0.2) is 8.42 Å². The van der Waals surface area contributed by atoms with Crippen molar-refractivity contribution in [1.29, 1.82) is 0 Å². The molecule has 112 valence electrons. The summed E-state index contributed by atoms with van der Waals surface area (Å²) in [6.07, 6.45) is 0. The van der Waals surface area contributed by atoms with Crippen molar-refractivity contribution >= 4 is 49.1 Å². The van der Waals surface area contributed by atoms with E-state index in [1.807, 2.05) is 24.3 Å². The molecule has 0 radical (unpaired) electrons. The Balaban J connectivity index is 2.06. The first-order chi connectivity index (χ1) is 9.83. The summed E-state index contributed by atoms with van der Waals surface area (Å²) in [7, 11) is -3.77. The summed E-state index contributed by atoms with van der Waals surface area (Å²) in [5, 5.41) is 8.78. The lowest BCUT2D eigenvalue weighted by molar-refractivity contribution is 0.603. The number of halogens is 2. The van der Waals surface area contributed by atoms with Crippen LogP contribution in [-0.2, 0) is 16.8 Å². The van der Waals surface area contributed by atoms with Crippen molar-refractivity contribution in [3.05, 3.63) is 57.5 Å². The van der Waals surface area contributed by atoms with Crippen LogP contribution in [0.15, 0.2) is 46.9 Å². The molecule has 0 amide bonds. The maximum atomic E-state index is 11.0. The van der Waals surface area contributed by atoms with Crippen LogP contribution < -0.4 is 15.2 Å². The highest BCUT2D eigenvalue weighted by Gasteiger charge is 2.03. The molecule has 0 bridgehead atoms. The van der Waals surface area contributed by atoms with E-state index in [0.29, 0.717) is 17.3 Å². The second kappa shape index (κ2) is 6.65. The van der Waals surface area contributed by atoms with Crippen LogP contribution in [0.1, 0.15) is 5.56 Å². The van der Waals surface area contributed by atoms with Gasteiger partial charge in [-0.2, -0.15) is 8.42 Å². The van der Waals surface area contributed by atoms with E-state index in [9.17, 15) is 8.42 Å². The quantitative estimate of drug-likeness (QED) is 0.732. The van der Waals surface area contributed by atoms with Crippen molar-refractivity contribution in [3.63, 3.8) is 0 Å². The second-order valence-corrected chi connectivity index (χ2v) is 6.89. The lowest BCUT2D eigenvalue weighted by Gasteiger charge is -2.10. The van der Waals surface area contributed by atoms with Gasteiger partial charge in [0.25, 0.3) is 10.2 Å². The van der Waals surface area contributed by atoms with Crippen LogP contribution in [0.3, 0.4) is 0 Å². The van der Waals surface area contributed by atoms with Gasteiger partial charge in [-0.3, -0.25) is 4.72 Å². The average molecular weight is 391 g/mol. The SMILES string of the molecule is NS(=O)(=O)Nc1cccc(NCc2ccc(Cl)c(Br)c2)c1. The van der Waals surface area contributed by atoms with E-state index in [1.54, 1.807) is 18.2 Å². The lowest BCUT2D eigenvalue weighted by Crippen LogP contribution is -2.21. The summed E-state index contributed by atoms with van der Waals surface area (Å²) in [5.41, 5.74) is 2.21. The number of anilines is 2. The molecule has 2 rings (SSSR count). The Hall–Kier alpha value is -1.28. The molecule has 0 heterocycles. The topological polar surface area (TPSA) is 84.2 Å². The van der Waals surface area contributed by atoms with E-state index in [-0.39, 0.29) is 0 Å². The molecule has 0 unspecified atom stereocenters. The molecule has 0 saturated carbocycles. The minimum Gasteiger partial charge on any atom is -0.381 e. The lowest BCUT2D eigenvalue weighted by atomic mass is 10.2. The highest BCUT2D eigenvalue weighted by atomic mass is 79.9. The van der Waals surface area contributed by atoms with Gasteiger partial charge in [-0.15, -0.1) is 0 Å². The maximum Gasteiger partial charge on any atom is 0.296 e. The number of nitrogens with one attached hydrogen (secondary N) is 2. The predicted molar refractivity (Wildman–Crippen MR) is 89.7 cm³/mol. The third-order valence-electron chi connectivity index (χ3n) is 2.60. The molecule has 0 fully saturated rings. The summed E-state index contributed by atoms with van der Waals surface area (Å²) in [6, 6.07) is 12.5. The van der Waals surface area contributed by atoms with Crippen LogP contribution in [0.5, 0.6) is 0 Å². The van der Waals surface area contributed by atoms with Gasteiger partial charge in [0.05, 0.1) is 10.7 Å².